The van der Waals surface area contributed by atoms with Crippen molar-refractivity contribution in [3.63, 3.8) is 0 Å². The highest BCUT2D eigenvalue weighted by molar-refractivity contribution is 5.91. The summed E-state index contributed by atoms with van der Waals surface area (Å²) < 4.78 is 5.00. The van der Waals surface area contributed by atoms with E-state index in [-0.39, 0.29) is 0 Å². The number of carbonyl (C=O) groups is 2. The highest BCUT2D eigenvalue weighted by Crippen LogP contribution is 2.36. The topological polar surface area (TPSA) is 55.4 Å². The van der Waals surface area contributed by atoms with E-state index >= 15 is 0 Å². The van der Waals surface area contributed by atoms with Crippen LogP contribution < -0.4 is 5.32 Å². The van der Waals surface area contributed by atoms with Crippen LogP contribution in [0.25, 0.3) is 0 Å². The molecule has 1 saturated carbocycles. The van der Waals surface area contributed by atoms with E-state index in [4.69, 9.17) is 4.74 Å². The predicted molar refractivity (Wildman–Crippen MR) is 80.5 cm³/mol. The molecule has 0 atom stereocenters. The Morgan fingerprint density at radius 1 is 1.29 bits per heavy atom. The van der Waals surface area contributed by atoms with Crippen molar-refractivity contribution in [3.05, 3.63) is 47.2 Å². The molecule has 1 fully saturated rings. The van der Waals surface area contributed by atoms with Crippen molar-refractivity contribution in [2.24, 2.45) is 0 Å². The van der Waals surface area contributed by atoms with Crippen molar-refractivity contribution in [1.29, 1.82) is 0 Å². The van der Waals surface area contributed by atoms with Crippen LogP contribution in [0.3, 0.4) is 0 Å². The van der Waals surface area contributed by atoms with E-state index in [0.717, 1.165) is 31.3 Å². The first-order chi connectivity index (χ1) is 10.3. The molecule has 4 nitrogen and oxygen atoms in total. The van der Waals surface area contributed by atoms with Crippen LogP contribution >= 0.6 is 0 Å². The Kier molecular flexibility index (Phi) is 5.55. The molecule has 1 N–H and O–H groups in total. The van der Waals surface area contributed by atoms with E-state index in [2.05, 4.69) is 29.6 Å². The summed E-state index contributed by atoms with van der Waals surface area (Å²) in [5.74, 6) is 0.0902. The third kappa shape index (κ3) is 3.94. The molecule has 0 spiro atoms. The van der Waals surface area contributed by atoms with E-state index in [1.165, 1.54) is 5.56 Å². The van der Waals surface area contributed by atoms with Crippen LogP contribution in [-0.2, 0) is 14.3 Å². The van der Waals surface area contributed by atoms with Crippen molar-refractivity contribution < 1.29 is 14.3 Å². The van der Waals surface area contributed by atoms with E-state index < -0.39 is 5.97 Å². The van der Waals surface area contributed by atoms with Gasteiger partial charge in [0.25, 0.3) is 0 Å². The molecule has 112 valence electrons. The summed E-state index contributed by atoms with van der Waals surface area (Å²) in [6, 6.07) is 10.4. The molecule has 4 heteroatoms. The molecule has 0 heterocycles. The van der Waals surface area contributed by atoms with Crippen LogP contribution in [0.5, 0.6) is 0 Å². The number of amides is 1. The maximum absolute atomic E-state index is 11.9. The summed E-state index contributed by atoms with van der Waals surface area (Å²) in [6.07, 6.45) is 4.15. The number of esters is 1. The molecule has 0 aliphatic heterocycles. The first kappa shape index (κ1) is 15.3. The SMILES string of the molecule is CCOC(=O)C(NC=O)=C1CCC(c2ccccc2)CC1. The number of benzene rings is 1. The van der Waals surface area contributed by atoms with Crippen LogP contribution in [0.2, 0.25) is 0 Å². The summed E-state index contributed by atoms with van der Waals surface area (Å²) in [6.45, 7) is 2.07. The van der Waals surface area contributed by atoms with Crippen LogP contribution in [0.4, 0.5) is 0 Å². The molecule has 1 aliphatic carbocycles. The summed E-state index contributed by atoms with van der Waals surface area (Å²) in [7, 11) is 0. The molecule has 0 bridgehead atoms. The smallest absolute Gasteiger partial charge is 0.354 e. The highest BCUT2D eigenvalue weighted by Gasteiger charge is 2.23. The molecule has 1 amide bonds. The van der Waals surface area contributed by atoms with Crippen molar-refractivity contribution in [3.8, 4) is 0 Å². The van der Waals surface area contributed by atoms with Gasteiger partial charge in [0.1, 0.15) is 5.70 Å². The van der Waals surface area contributed by atoms with Gasteiger partial charge >= 0.3 is 5.97 Å². The van der Waals surface area contributed by atoms with Crippen molar-refractivity contribution in [2.45, 2.75) is 38.5 Å². The van der Waals surface area contributed by atoms with Crippen LogP contribution in [-0.4, -0.2) is 19.0 Å². The fraction of sp³-hybridized carbons (Fsp3) is 0.412. The molecular weight excluding hydrogens is 266 g/mol. The lowest BCUT2D eigenvalue weighted by atomic mass is 9.81. The van der Waals surface area contributed by atoms with Gasteiger partial charge in [-0.15, -0.1) is 0 Å². The van der Waals surface area contributed by atoms with Crippen molar-refractivity contribution in [2.75, 3.05) is 6.61 Å². The molecule has 1 aromatic carbocycles. The summed E-state index contributed by atoms with van der Waals surface area (Å²) in [4.78, 5) is 22.6. The van der Waals surface area contributed by atoms with Crippen LogP contribution in [0.1, 0.15) is 44.1 Å². The minimum atomic E-state index is -0.433. The highest BCUT2D eigenvalue weighted by atomic mass is 16.5. The third-order valence-electron chi connectivity index (χ3n) is 3.90. The number of carbonyl (C=O) groups excluding carboxylic acids is 2. The van der Waals surface area contributed by atoms with E-state index in [1.54, 1.807) is 6.92 Å². The van der Waals surface area contributed by atoms with Gasteiger partial charge in [-0.25, -0.2) is 4.79 Å². The molecule has 0 aromatic heterocycles. The minimum absolute atomic E-state index is 0.308. The second-order valence-corrected chi connectivity index (χ2v) is 5.15. The first-order valence-electron chi connectivity index (χ1n) is 7.40. The summed E-state index contributed by atoms with van der Waals surface area (Å²) >= 11 is 0. The van der Waals surface area contributed by atoms with Gasteiger partial charge in [-0.05, 0) is 49.7 Å². The Hall–Kier alpha value is -2.10. The summed E-state index contributed by atoms with van der Waals surface area (Å²) in [5, 5.41) is 2.52. The third-order valence-corrected chi connectivity index (χ3v) is 3.90. The second-order valence-electron chi connectivity index (χ2n) is 5.15. The van der Waals surface area contributed by atoms with Gasteiger partial charge in [0.05, 0.1) is 6.61 Å². The second kappa shape index (κ2) is 7.62. The lowest BCUT2D eigenvalue weighted by molar-refractivity contribution is -0.139. The Bertz CT molecular complexity index is 512. The van der Waals surface area contributed by atoms with Gasteiger partial charge in [0.15, 0.2) is 0 Å². The monoisotopic (exact) mass is 287 g/mol. The lowest BCUT2D eigenvalue weighted by Gasteiger charge is -2.25. The molecule has 0 saturated heterocycles. The zero-order valence-electron chi connectivity index (χ0n) is 12.3. The lowest BCUT2D eigenvalue weighted by Crippen LogP contribution is -2.24. The average molecular weight is 287 g/mol. The van der Waals surface area contributed by atoms with E-state index in [9.17, 15) is 9.59 Å². The maximum atomic E-state index is 11.9. The van der Waals surface area contributed by atoms with Crippen molar-refractivity contribution >= 4 is 12.4 Å². The van der Waals surface area contributed by atoms with E-state index in [1.807, 2.05) is 6.07 Å². The number of hydrogen-bond donors (Lipinski definition) is 1. The minimum Gasteiger partial charge on any atom is -0.461 e. The molecule has 2 rings (SSSR count). The van der Waals surface area contributed by atoms with E-state index in [0.29, 0.717) is 24.6 Å². The largest absolute Gasteiger partial charge is 0.461 e. The molecule has 1 aromatic rings. The molecule has 21 heavy (non-hydrogen) atoms. The first-order valence-corrected chi connectivity index (χ1v) is 7.40. The molecular formula is C17H21NO3. The van der Waals surface area contributed by atoms with Gasteiger partial charge in [-0.2, -0.15) is 0 Å². The summed E-state index contributed by atoms with van der Waals surface area (Å²) in [5.41, 5.74) is 2.67. The van der Waals surface area contributed by atoms with Crippen molar-refractivity contribution in [1.82, 2.24) is 5.32 Å². The number of hydrogen-bond acceptors (Lipinski definition) is 3. The normalized spacial score (nSPS) is 18.0. The number of rotatable bonds is 5. The Balaban J connectivity index is 2.07. The Morgan fingerprint density at radius 3 is 2.52 bits per heavy atom. The van der Waals surface area contributed by atoms with Gasteiger partial charge in [-0.1, -0.05) is 30.3 Å². The maximum Gasteiger partial charge on any atom is 0.354 e. The number of ether oxygens (including phenoxy) is 1. The zero-order chi connectivity index (χ0) is 15.1. The van der Waals surface area contributed by atoms with Gasteiger partial charge in [0.2, 0.25) is 6.41 Å². The zero-order valence-corrected chi connectivity index (χ0v) is 12.3. The Morgan fingerprint density at radius 2 is 1.95 bits per heavy atom. The fourth-order valence-electron chi connectivity index (χ4n) is 2.84. The van der Waals surface area contributed by atoms with Crippen LogP contribution in [0.15, 0.2) is 41.6 Å². The van der Waals surface area contributed by atoms with Gasteiger partial charge in [0, 0.05) is 0 Å². The number of allylic oxidation sites excluding steroid dienone is 1. The molecule has 0 radical (unpaired) electrons. The van der Waals surface area contributed by atoms with Gasteiger partial charge < -0.3 is 10.1 Å². The van der Waals surface area contributed by atoms with Crippen LogP contribution in [0, 0.1) is 0 Å². The fourth-order valence-corrected chi connectivity index (χ4v) is 2.84. The predicted octanol–water partition coefficient (Wildman–Crippen LogP) is 2.91. The van der Waals surface area contributed by atoms with Gasteiger partial charge in [-0.3, -0.25) is 4.79 Å². The Labute approximate surface area is 125 Å². The average Bonchev–Trinajstić information content (AvgIpc) is 2.54. The molecule has 0 unspecified atom stereocenters. The molecule has 1 aliphatic rings. The number of nitrogens with one attached hydrogen (secondary N) is 1. The standard InChI is InChI=1S/C17H21NO3/c1-2-21-17(20)16(18-12-19)15-10-8-14(9-11-15)13-6-4-3-5-7-13/h3-7,12,14H,2,8-11H2,1H3,(H,18,19). The quantitative estimate of drug-likeness (QED) is 0.514.